The number of hydrogen-bond acceptors (Lipinski definition) is 7. The number of morpholine rings is 1. The Morgan fingerprint density at radius 3 is 3.04 bits per heavy atom. The normalized spacial score (nSPS) is 18.7. The molecule has 7 heteroatoms. The van der Waals surface area contributed by atoms with Gasteiger partial charge >= 0.3 is 0 Å². The molecule has 0 radical (unpaired) electrons. The molecule has 3 aromatic heterocycles. The Kier molecular flexibility index (Phi) is 3.49. The summed E-state index contributed by atoms with van der Waals surface area (Å²) in [5, 5.41) is 4.86. The van der Waals surface area contributed by atoms with Crippen molar-refractivity contribution in [3.8, 4) is 0 Å². The van der Waals surface area contributed by atoms with Crippen molar-refractivity contribution in [1.82, 2.24) is 15.1 Å². The Labute approximate surface area is 133 Å². The van der Waals surface area contributed by atoms with Gasteiger partial charge in [-0.3, -0.25) is 0 Å². The van der Waals surface area contributed by atoms with Crippen LogP contribution in [0.3, 0.4) is 0 Å². The molecule has 1 unspecified atom stereocenters. The lowest BCUT2D eigenvalue weighted by Crippen LogP contribution is -2.40. The summed E-state index contributed by atoms with van der Waals surface area (Å²) in [5.74, 6) is 2.68. The van der Waals surface area contributed by atoms with E-state index < -0.39 is 0 Å². The maximum absolute atomic E-state index is 5.94. The smallest absolute Gasteiger partial charge is 0.263 e. The SMILES string of the molecule is CCc1ccc(C2COCCN2c2ncnc3onc(C)c23)o1. The molecule has 0 aromatic carbocycles. The number of rotatable bonds is 3. The van der Waals surface area contributed by atoms with E-state index in [9.17, 15) is 0 Å². The molecule has 0 spiro atoms. The molecule has 0 aliphatic carbocycles. The van der Waals surface area contributed by atoms with Gasteiger partial charge in [-0.05, 0) is 19.1 Å². The van der Waals surface area contributed by atoms with Gasteiger partial charge < -0.3 is 18.6 Å². The highest BCUT2D eigenvalue weighted by Gasteiger charge is 2.30. The standard InChI is InChI=1S/C16H18N4O3/c1-3-11-4-5-13(22-11)12-8-21-7-6-20(12)15-14-10(2)19-23-16(14)18-9-17-15/h4-5,9,12H,3,6-8H2,1-2H3. The van der Waals surface area contributed by atoms with Crippen LogP contribution in [-0.4, -0.2) is 34.9 Å². The van der Waals surface area contributed by atoms with Gasteiger partial charge in [0.1, 0.15) is 35.1 Å². The van der Waals surface area contributed by atoms with Crippen LogP contribution in [0, 0.1) is 6.92 Å². The minimum absolute atomic E-state index is 0.0172. The third-order valence-electron chi connectivity index (χ3n) is 4.18. The Morgan fingerprint density at radius 2 is 2.22 bits per heavy atom. The fraction of sp³-hybridized carbons (Fsp3) is 0.438. The van der Waals surface area contributed by atoms with Gasteiger partial charge in [-0.1, -0.05) is 12.1 Å². The van der Waals surface area contributed by atoms with Crippen LogP contribution in [0.2, 0.25) is 0 Å². The third-order valence-corrected chi connectivity index (χ3v) is 4.18. The van der Waals surface area contributed by atoms with Crippen LogP contribution in [0.25, 0.3) is 11.1 Å². The molecule has 120 valence electrons. The maximum atomic E-state index is 5.94. The first kappa shape index (κ1) is 14.2. The van der Waals surface area contributed by atoms with Crippen LogP contribution in [0.1, 0.15) is 30.2 Å². The van der Waals surface area contributed by atoms with Crippen LogP contribution in [0.4, 0.5) is 5.82 Å². The van der Waals surface area contributed by atoms with E-state index in [0.717, 1.165) is 41.4 Å². The molecule has 1 fully saturated rings. The number of aryl methyl sites for hydroxylation is 2. The second-order valence-corrected chi connectivity index (χ2v) is 5.59. The van der Waals surface area contributed by atoms with E-state index >= 15 is 0 Å². The Morgan fingerprint density at radius 1 is 1.30 bits per heavy atom. The summed E-state index contributed by atoms with van der Waals surface area (Å²) in [5.41, 5.74) is 1.29. The molecule has 1 atom stereocenters. The summed E-state index contributed by atoms with van der Waals surface area (Å²) in [4.78, 5) is 10.8. The lowest BCUT2D eigenvalue weighted by Gasteiger charge is -2.35. The van der Waals surface area contributed by atoms with E-state index in [1.54, 1.807) is 0 Å². The van der Waals surface area contributed by atoms with Crippen LogP contribution >= 0.6 is 0 Å². The fourth-order valence-electron chi connectivity index (χ4n) is 2.98. The molecule has 1 aliphatic rings. The lowest BCUT2D eigenvalue weighted by molar-refractivity contribution is 0.0870. The maximum Gasteiger partial charge on any atom is 0.263 e. The minimum atomic E-state index is -0.0172. The number of ether oxygens (including phenoxy) is 1. The fourth-order valence-corrected chi connectivity index (χ4v) is 2.98. The molecule has 0 amide bonds. The number of hydrogen-bond donors (Lipinski definition) is 0. The summed E-state index contributed by atoms with van der Waals surface area (Å²) >= 11 is 0. The zero-order chi connectivity index (χ0) is 15.8. The second-order valence-electron chi connectivity index (χ2n) is 5.59. The number of fused-ring (bicyclic) bond motifs is 1. The summed E-state index contributed by atoms with van der Waals surface area (Å²) in [6.07, 6.45) is 2.38. The van der Waals surface area contributed by atoms with Crippen molar-refractivity contribution in [3.05, 3.63) is 35.7 Å². The van der Waals surface area contributed by atoms with Crippen molar-refractivity contribution in [2.24, 2.45) is 0 Å². The summed E-state index contributed by atoms with van der Waals surface area (Å²) < 4.78 is 16.9. The van der Waals surface area contributed by atoms with E-state index in [4.69, 9.17) is 13.7 Å². The molecule has 0 saturated carbocycles. The van der Waals surface area contributed by atoms with Crippen molar-refractivity contribution in [2.75, 3.05) is 24.7 Å². The highest BCUT2D eigenvalue weighted by atomic mass is 16.5. The molecule has 1 aliphatic heterocycles. The molecular weight excluding hydrogens is 296 g/mol. The minimum Gasteiger partial charge on any atom is -0.464 e. The molecule has 0 bridgehead atoms. The lowest BCUT2D eigenvalue weighted by atomic mass is 10.1. The van der Waals surface area contributed by atoms with Crippen LogP contribution in [0.5, 0.6) is 0 Å². The number of anilines is 1. The van der Waals surface area contributed by atoms with Gasteiger partial charge in [-0.15, -0.1) is 0 Å². The molecule has 0 N–H and O–H groups in total. The van der Waals surface area contributed by atoms with Crippen molar-refractivity contribution in [2.45, 2.75) is 26.3 Å². The van der Waals surface area contributed by atoms with E-state index in [1.807, 2.05) is 19.1 Å². The number of aromatic nitrogens is 3. The Balaban J connectivity index is 1.79. The van der Waals surface area contributed by atoms with Crippen LogP contribution in [-0.2, 0) is 11.2 Å². The second kappa shape index (κ2) is 5.66. The summed E-state index contributed by atoms with van der Waals surface area (Å²) in [7, 11) is 0. The first-order valence-electron chi connectivity index (χ1n) is 7.78. The van der Waals surface area contributed by atoms with E-state index in [1.165, 1.54) is 6.33 Å². The van der Waals surface area contributed by atoms with Gasteiger partial charge in [-0.2, -0.15) is 4.98 Å². The van der Waals surface area contributed by atoms with Crippen molar-refractivity contribution in [1.29, 1.82) is 0 Å². The predicted molar refractivity (Wildman–Crippen MR) is 83.3 cm³/mol. The molecule has 4 rings (SSSR count). The first-order valence-corrected chi connectivity index (χ1v) is 7.78. The number of furan rings is 1. The predicted octanol–water partition coefficient (Wildman–Crippen LogP) is 2.66. The van der Waals surface area contributed by atoms with Gasteiger partial charge in [0.25, 0.3) is 5.71 Å². The van der Waals surface area contributed by atoms with Crippen LogP contribution < -0.4 is 4.90 Å². The summed E-state index contributed by atoms with van der Waals surface area (Å²) in [6, 6.07) is 4.02. The third kappa shape index (κ3) is 2.37. The number of nitrogens with zero attached hydrogens (tertiary/aromatic N) is 4. The van der Waals surface area contributed by atoms with Crippen LogP contribution in [0.15, 0.2) is 27.4 Å². The van der Waals surface area contributed by atoms with Gasteiger partial charge in [0, 0.05) is 13.0 Å². The molecular formula is C16H18N4O3. The van der Waals surface area contributed by atoms with Crippen molar-refractivity contribution in [3.63, 3.8) is 0 Å². The molecule has 7 nitrogen and oxygen atoms in total. The van der Waals surface area contributed by atoms with Gasteiger partial charge in [0.15, 0.2) is 0 Å². The highest BCUT2D eigenvalue weighted by Crippen LogP contribution is 2.34. The average Bonchev–Trinajstić information content (AvgIpc) is 3.22. The highest BCUT2D eigenvalue weighted by molar-refractivity contribution is 5.88. The van der Waals surface area contributed by atoms with Gasteiger partial charge in [0.2, 0.25) is 0 Å². The molecule has 3 aromatic rings. The van der Waals surface area contributed by atoms with E-state index in [0.29, 0.717) is 18.9 Å². The van der Waals surface area contributed by atoms with E-state index in [2.05, 4.69) is 26.9 Å². The largest absolute Gasteiger partial charge is 0.464 e. The zero-order valence-corrected chi connectivity index (χ0v) is 13.2. The molecule has 4 heterocycles. The Hall–Kier alpha value is -2.41. The summed E-state index contributed by atoms with van der Waals surface area (Å²) in [6.45, 7) is 5.91. The molecule has 1 saturated heterocycles. The Bertz CT molecular complexity index is 826. The zero-order valence-electron chi connectivity index (χ0n) is 13.2. The monoisotopic (exact) mass is 314 g/mol. The quantitative estimate of drug-likeness (QED) is 0.735. The van der Waals surface area contributed by atoms with Crippen molar-refractivity contribution >= 4 is 16.9 Å². The average molecular weight is 314 g/mol. The molecule has 23 heavy (non-hydrogen) atoms. The first-order chi connectivity index (χ1) is 11.3. The van der Waals surface area contributed by atoms with Crippen molar-refractivity contribution < 1.29 is 13.7 Å². The topological polar surface area (TPSA) is 77.4 Å². The van der Waals surface area contributed by atoms with E-state index in [-0.39, 0.29) is 6.04 Å². The van der Waals surface area contributed by atoms with Gasteiger partial charge in [0.05, 0.1) is 18.9 Å². The van der Waals surface area contributed by atoms with Gasteiger partial charge in [-0.25, -0.2) is 4.98 Å².